The predicted molar refractivity (Wildman–Crippen MR) is 76.0 cm³/mol. The van der Waals surface area contributed by atoms with Crippen molar-refractivity contribution >= 4 is 0 Å². The van der Waals surface area contributed by atoms with Crippen molar-refractivity contribution in [3.63, 3.8) is 0 Å². The number of rotatable bonds is 1. The minimum Gasteiger partial charge on any atom is -0.387 e. The van der Waals surface area contributed by atoms with Crippen LogP contribution in [0.2, 0.25) is 0 Å². The van der Waals surface area contributed by atoms with Crippen LogP contribution in [0.5, 0.6) is 0 Å². The van der Waals surface area contributed by atoms with Crippen LogP contribution in [-0.4, -0.2) is 28.6 Å². The van der Waals surface area contributed by atoms with Crippen molar-refractivity contribution in [1.29, 1.82) is 0 Å². The molecule has 1 saturated carbocycles. The molecule has 4 rings (SSSR count). The predicted octanol–water partition coefficient (Wildman–Crippen LogP) is 2.91. The summed E-state index contributed by atoms with van der Waals surface area (Å²) in [5.41, 5.74) is 2.53. The highest BCUT2D eigenvalue weighted by Crippen LogP contribution is 2.42. The number of nitrogens with zero attached hydrogens (tertiary/aromatic N) is 1. The number of hydrogen-bond donors (Lipinski definition) is 1. The van der Waals surface area contributed by atoms with Crippen LogP contribution in [0.1, 0.15) is 49.3 Å². The molecule has 2 heteroatoms. The molecule has 4 unspecified atom stereocenters. The zero-order chi connectivity index (χ0) is 12.8. The number of aliphatic hydroxyl groups is 1. The number of likely N-dealkylation sites (tertiary alicyclic amines) is 1. The lowest BCUT2D eigenvalue weighted by Gasteiger charge is -2.42. The lowest BCUT2D eigenvalue weighted by Crippen LogP contribution is -2.50. The summed E-state index contributed by atoms with van der Waals surface area (Å²) in [6, 6.07) is 9.54. The van der Waals surface area contributed by atoms with E-state index >= 15 is 0 Å². The molecular formula is C17H23NO. The first-order valence-corrected chi connectivity index (χ1v) is 7.86. The van der Waals surface area contributed by atoms with Gasteiger partial charge in [0.05, 0.1) is 6.10 Å². The van der Waals surface area contributed by atoms with Crippen molar-refractivity contribution in [3.05, 3.63) is 35.4 Å². The molecule has 19 heavy (non-hydrogen) atoms. The molecule has 1 aromatic carbocycles. The third-order valence-corrected chi connectivity index (χ3v) is 5.63. The van der Waals surface area contributed by atoms with Crippen LogP contribution in [-0.2, 0) is 6.42 Å². The maximum Gasteiger partial charge on any atom is 0.0951 e. The van der Waals surface area contributed by atoms with Crippen LogP contribution >= 0.6 is 0 Å². The molecule has 2 aliphatic carbocycles. The maximum absolute atomic E-state index is 10.7. The van der Waals surface area contributed by atoms with Crippen molar-refractivity contribution in [2.75, 3.05) is 6.54 Å². The smallest absolute Gasteiger partial charge is 0.0951 e. The van der Waals surface area contributed by atoms with Crippen LogP contribution in [0.25, 0.3) is 0 Å². The van der Waals surface area contributed by atoms with Gasteiger partial charge in [-0.3, -0.25) is 4.90 Å². The molecule has 2 nitrogen and oxygen atoms in total. The molecule has 2 fully saturated rings. The zero-order valence-corrected chi connectivity index (χ0v) is 11.5. The Kier molecular flexibility index (Phi) is 2.89. The zero-order valence-electron chi connectivity index (χ0n) is 11.5. The summed E-state index contributed by atoms with van der Waals surface area (Å²) in [4.78, 5) is 2.66. The van der Waals surface area contributed by atoms with E-state index in [0.717, 1.165) is 18.4 Å². The quantitative estimate of drug-likeness (QED) is 0.836. The van der Waals surface area contributed by atoms with E-state index in [1.165, 1.54) is 49.8 Å². The molecule has 4 atom stereocenters. The molecular weight excluding hydrogens is 234 g/mol. The third-order valence-electron chi connectivity index (χ3n) is 5.63. The van der Waals surface area contributed by atoms with Gasteiger partial charge in [-0.2, -0.15) is 0 Å². The molecule has 102 valence electrons. The van der Waals surface area contributed by atoms with E-state index in [9.17, 15) is 5.11 Å². The summed E-state index contributed by atoms with van der Waals surface area (Å²) in [5, 5.41) is 10.7. The Bertz CT molecular complexity index is 472. The number of benzene rings is 1. The minimum absolute atomic E-state index is 0.268. The minimum atomic E-state index is -0.268. The Morgan fingerprint density at radius 1 is 1.00 bits per heavy atom. The summed E-state index contributed by atoms with van der Waals surface area (Å²) >= 11 is 0. The van der Waals surface area contributed by atoms with Gasteiger partial charge in [0.1, 0.15) is 0 Å². The van der Waals surface area contributed by atoms with Crippen LogP contribution in [0.3, 0.4) is 0 Å². The number of fused-ring (bicyclic) bond motifs is 2. The topological polar surface area (TPSA) is 23.5 Å². The molecule has 0 bridgehead atoms. The lowest BCUT2D eigenvalue weighted by molar-refractivity contribution is 0.00305. The fourth-order valence-electron chi connectivity index (χ4n) is 4.76. The summed E-state index contributed by atoms with van der Waals surface area (Å²) in [6.45, 7) is 1.19. The van der Waals surface area contributed by atoms with Gasteiger partial charge in [-0.1, -0.05) is 30.7 Å². The maximum atomic E-state index is 10.7. The molecule has 1 saturated heterocycles. The Labute approximate surface area is 115 Å². The second-order valence-electron chi connectivity index (χ2n) is 6.55. The molecule has 1 aromatic rings. The summed E-state index contributed by atoms with van der Waals surface area (Å²) in [6.07, 6.45) is 7.66. The fourth-order valence-corrected chi connectivity index (χ4v) is 4.76. The molecule has 0 radical (unpaired) electrons. The van der Waals surface area contributed by atoms with Crippen molar-refractivity contribution in [2.45, 2.75) is 56.7 Å². The van der Waals surface area contributed by atoms with Gasteiger partial charge in [-0.05, 0) is 55.7 Å². The summed E-state index contributed by atoms with van der Waals surface area (Å²) in [7, 11) is 0. The highest BCUT2D eigenvalue weighted by Gasteiger charge is 2.43. The molecule has 0 amide bonds. The van der Waals surface area contributed by atoms with E-state index in [4.69, 9.17) is 0 Å². The second kappa shape index (κ2) is 4.60. The molecule has 0 aromatic heterocycles. The number of aliphatic hydroxyl groups excluding tert-OH is 1. The Balaban J connectivity index is 1.60. The SMILES string of the molecule is OC1c2ccccc2CC1N1CCCC2CCCC21. The van der Waals surface area contributed by atoms with E-state index in [1.807, 2.05) is 0 Å². The van der Waals surface area contributed by atoms with E-state index in [2.05, 4.69) is 29.2 Å². The first kappa shape index (κ1) is 11.9. The van der Waals surface area contributed by atoms with E-state index in [0.29, 0.717) is 6.04 Å². The largest absolute Gasteiger partial charge is 0.387 e. The van der Waals surface area contributed by atoms with E-state index < -0.39 is 0 Å². The Morgan fingerprint density at radius 3 is 2.74 bits per heavy atom. The lowest BCUT2D eigenvalue weighted by atomic mass is 9.90. The number of hydrogen-bond acceptors (Lipinski definition) is 2. The second-order valence-corrected chi connectivity index (χ2v) is 6.55. The van der Waals surface area contributed by atoms with Gasteiger partial charge >= 0.3 is 0 Å². The van der Waals surface area contributed by atoms with E-state index in [-0.39, 0.29) is 6.10 Å². The Morgan fingerprint density at radius 2 is 1.84 bits per heavy atom. The van der Waals surface area contributed by atoms with Gasteiger partial charge in [0.25, 0.3) is 0 Å². The normalized spacial score (nSPS) is 38.2. The molecule has 0 spiro atoms. The molecule has 1 aliphatic heterocycles. The Hall–Kier alpha value is -0.860. The van der Waals surface area contributed by atoms with Crippen molar-refractivity contribution in [1.82, 2.24) is 4.90 Å². The highest BCUT2D eigenvalue weighted by atomic mass is 16.3. The van der Waals surface area contributed by atoms with Gasteiger partial charge in [-0.25, -0.2) is 0 Å². The van der Waals surface area contributed by atoms with Gasteiger partial charge in [0.15, 0.2) is 0 Å². The van der Waals surface area contributed by atoms with Gasteiger partial charge < -0.3 is 5.11 Å². The first-order valence-electron chi connectivity index (χ1n) is 7.86. The van der Waals surface area contributed by atoms with Crippen molar-refractivity contribution < 1.29 is 5.11 Å². The van der Waals surface area contributed by atoms with Crippen LogP contribution in [0.4, 0.5) is 0 Å². The van der Waals surface area contributed by atoms with Gasteiger partial charge in [0, 0.05) is 12.1 Å². The third kappa shape index (κ3) is 1.85. The average Bonchev–Trinajstić information content (AvgIpc) is 3.04. The summed E-state index contributed by atoms with van der Waals surface area (Å²) in [5.74, 6) is 0.907. The standard InChI is InChI=1S/C17H23NO/c19-17-14-8-2-1-5-13(14)11-16(17)18-10-4-7-12-6-3-9-15(12)18/h1-2,5,8,12,15-17,19H,3-4,6-7,9-11H2. The van der Waals surface area contributed by atoms with Crippen LogP contribution in [0, 0.1) is 5.92 Å². The van der Waals surface area contributed by atoms with Gasteiger partial charge in [0.2, 0.25) is 0 Å². The number of piperidine rings is 1. The van der Waals surface area contributed by atoms with Crippen LogP contribution < -0.4 is 0 Å². The van der Waals surface area contributed by atoms with E-state index in [1.54, 1.807) is 0 Å². The molecule has 1 heterocycles. The first-order chi connectivity index (χ1) is 9.34. The molecule has 3 aliphatic rings. The van der Waals surface area contributed by atoms with Crippen molar-refractivity contribution in [2.24, 2.45) is 5.92 Å². The highest BCUT2D eigenvalue weighted by molar-refractivity contribution is 5.36. The monoisotopic (exact) mass is 257 g/mol. The molecule has 1 N–H and O–H groups in total. The average molecular weight is 257 g/mol. The van der Waals surface area contributed by atoms with Crippen molar-refractivity contribution in [3.8, 4) is 0 Å². The fraction of sp³-hybridized carbons (Fsp3) is 0.647. The van der Waals surface area contributed by atoms with Gasteiger partial charge in [-0.15, -0.1) is 0 Å². The van der Waals surface area contributed by atoms with Crippen LogP contribution in [0.15, 0.2) is 24.3 Å². The summed E-state index contributed by atoms with van der Waals surface area (Å²) < 4.78 is 0.